The van der Waals surface area contributed by atoms with Crippen molar-refractivity contribution >= 4 is 16.8 Å². The number of nitrogens with zero attached hydrogens (tertiary/aromatic N) is 1. The van der Waals surface area contributed by atoms with Crippen molar-refractivity contribution in [2.24, 2.45) is 0 Å². The summed E-state index contributed by atoms with van der Waals surface area (Å²) >= 11 is 0. The number of aromatic nitrogens is 1. The Balaban J connectivity index is 0.000000339. The number of aliphatic hydroxyl groups excluding tert-OH is 1. The Kier molecular flexibility index (Phi) is 7.75. The number of furan rings is 1. The van der Waals surface area contributed by atoms with E-state index in [0.717, 1.165) is 27.8 Å². The first-order chi connectivity index (χ1) is 11.4. The molecular formula is C20H20IrNO3-. The summed E-state index contributed by atoms with van der Waals surface area (Å²) in [5, 5.41) is 9.40. The molecule has 2 aromatic heterocycles. The zero-order chi connectivity index (χ0) is 17.7. The van der Waals surface area contributed by atoms with Crippen molar-refractivity contribution in [3.05, 3.63) is 65.8 Å². The van der Waals surface area contributed by atoms with Crippen LogP contribution in [0.3, 0.4) is 0 Å². The number of aryl methyl sites for hydroxylation is 2. The molecule has 0 unspecified atom stereocenters. The first kappa shape index (κ1) is 20.8. The third-order valence-corrected chi connectivity index (χ3v) is 3.20. The zero-order valence-electron chi connectivity index (χ0n) is 14.6. The fourth-order valence-corrected chi connectivity index (χ4v) is 2.43. The maximum Gasteiger partial charge on any atom is 0.155 e. The Hall–Kier alpha value is -2.23. The summed E-state index contributed by atoms with van der Waals surface area (Å²) in [6, 6.07) is 11.4. The molecule has 25 heavy (non-hydrogen) atoms. The molecule has 0 saturated heterocycles. The average molecular weight is 515 g/mol. The quantitative estimate of drug-likeness (QED) is 0.299. The van der Waals surface area contributed by atoms with E-state index in [1.54, 1.807) is 12.5 Å². The Morgan fingerprint density at radius 2 is 1.96 bits per heavy atom. The first-order valence-electron chi connectivity index (χ1n) is 7.58. The van der Waals surface area contributed by atoms with Crippen molar-refractivity contribution in [1.29, 1.82) is 0 Å². The number of fused-ring (bicyclic) bond motifs is 1. The molecule has 3 rings (SSSR count). The number of hydrogen-bond acceptors (Lipinski definition) is 4. The number of carbonyl (C=O) groups is 1. The first-order valence-corrected chi connectivity index (χ1v) is 7.58. The number of benzene rings is 1. The van der Waals surface area contributed by atoms with Gasteiger partial charge in [-0.3, -0.25) is 4.79 Å². The summed E-state index contributed by atoms with van der Waals surface area (Å²) in [5.74, 6) is -0.0625. The van der Waals surface area contributed by atoms with E-state index in [-0.39, 0.29) is 31.6 Å². The van der Waals surface area contributed by atoms with Gasteiger partial charge in [0.1, 0.15) is 5.58 Å². The number of rotatable bonds is 2. The van der Waals surface area contributed by atoms with Gasteiger partial charge in [-0.2, -0.15) is 0 Å². The van der Waals surface area contributed by atoms with Crippen molar-refractivity contribution in [2.75, 3.05) is 0 Å². The molecule has 0 aliphatic rings. The molecule has 0 aliphatic heterocycles. The van der Waals surface area contributed by atoms with Crippen molar-refractivity contribution in [1.82, 2.24) is 4.98 Å². The van der Waals surface area contributed by atoms with Gasteiger partial charge in [0, 0.05) is 37.8 Å². The van der Waals surface area contributed by atoms with Crippen molar-refractivity contribution in [2.45, 2.75) is 27.7 Å². The van der Waals surface area contributed by atoms with Crippen LogP contribution in [-0.4, -0.2) is 15.9 Å². The molecule has 0 bridgehead atoms. The van der Waals surface area contributed by atoms with Gasteiger partial charge in [-0.1, -0.05) is 13.8 Å². The predicted molar refractivity (Wildman–Crippen MR) is 94.8 cm³/mol. The molecule has 1 N–H and O–H groups in total. The summed E-state index contributed by atoms with van der Waals surface area (Å²) in [7, 11) is 0. The van der Waals surface area contributed by atoms with Crippen LogP contribution in [0.25, 0.3) is 22.2 Å². The van der Waals surface area contributed by atoms with Crippen LogP contribution < -0.4 is 0 Å². The number of aliphatic hydroxyl groups is 1. The van der Waals surface area contributed by atoms with Gasteiger partial charge < -0.3 is 14.5 Å². The molecule has 0 fully saturated rings. The van der Waals surface area contributed by atoms with Crippen molar-refractivity contribution in [3.63, 3.8) is 0 Å². The van der Waals surface area contributed by atoms with E-state index in [2.05, 4.69) is 30.1 Å². The fraction of sp³-hybridized carbons (Fsp3) is 0.200. The molecule has 1 radical (unpaired) electrons. The molecule has 2 heterocycles. The van der Waals surface area contributed by atoms with Crippen LogP contribution in [0, 0.1) is 19.9 Å². The van der Waals surface area contributed by atoms with Gasteiger partial charge in [0.15, 0.2) is 5.78 Å². The summed E-state index contributed by atoms with van der Waals surface area (Å²) in [4.78, 5) is 14.5. The van der Waals surface area contributed by atoms with E-state index in [0.29, 0.717) is 0 Å². The van der Waals surface area contributed by atoms with Crippen LogP contribution in [0.2, 0.25) is 0 Å². The number of pyridine rings is 1. The summed E-state index contributed by atoms with van der Waals surface area (Å²) < 4.78 is 5.39. The van der Waals surface area contributed by atoms with Crippen LogP contribution in [0.15, 0.2) is 53.0 Å². The molecule has 4 nitrogen and oxygen atoms in total. The topological polar surface area (TPSA) is 63.3 Å². The van der Waals surface area contributed by atoms with Crippen LogP contribution in [0.5, 0.6) is 0 Å². The maximum atomic E-state index is 10.0. The number of allylic oxidation sites excluding steroid dienone is 2. The normalized spacial score (nSPS) is 10.6. The Labute approximate surface area is 160 Å². The van der Waals surface area contributed by atoms with E-state index in [1.165, 1.54) is 25.5 Å². The smallest absolute Gasteiger partial charge is 0.155 e. The zero-order valence-corrected chi connectivity index (χ0v) is 17.0. The largest absolute Gasteiger partial charge is 0.512 e. The minimum Gasteiger partial charge on any atom is -0.512 e. The molecule has 0 saturated carbocycles. The molecule has 1 aromatic carbocycles. The summed E-state index contributed by atoms with van der Waals surface area (Å²) in [6.45, 7) is 6.98. The second-order valence-corrected chi connectivity index (χ2v) is 5.64. The van der Waals surface area contributed by atoms with Crippen molar-refractivity contribution < 1.29 is 34.4 Å². The van der Waals surface area contributed by atoms with Gasteiger partial charge in [0.05, 0.1) is 12.0 Å². The fourth-order valence-electron chi connectivity index (χ4n) is 2.43. The SMILES string of the molecule is CC(=O)C=C(C)O.Cc1[c-]c(-c2nccc3occc23)cc(C)c1.[Ir]. The molecule has 0 spiro atoms. The standard InChI is InChI=1S/C15H12NO.C5H8O2.Ir/c1-10-7-11(2)9-12(8-10)15-13-4-6-17-14(13)3-5-16-15;1-4(6)3-5(2)7;/h3-8H,1-2H3;3,6H,1-2H3;/q-1;;. The van der Waals surface area contributed by atoms with Gasteiger partial charge in [-0.05, 0) is 31.7 Å². The van der Waals surface area contributed by atoms with Crippen LogP contribution in [0.4, 0.5) is 0 Å². The molecular weight excluding hydrogens is 494 g/mol. The number of ketones is 1. The monoisotopic (exact) mass is 515 g/mol. The third kappa shape index (κ3) is 5.96. The van der Waals surface area contributed by atoms with Crippen LogP contribution in [-0.2, 0) is 24.9 Å². The number of hydrogen-bond donors (Lipinski definition) is 1. The van der Waals surface area contributed by atoms with Gasteiger partial charge in [-0.15, -0.1) is 34.9 Å². The molecule has 0 atom stereocenters. The maximum absolute atomic E-state index is 10.0. The molecule has 5 heteroatoms. The Bertz CT molecular complexity index is 873. The van der Waals surface area contributed by atoms with E-state index in [9.17, 15) is 4.79 Å². The average Bonchev–Trinajstić information content (AvgIpc) is 2.93. The van der Waals surface area contributed by atoms with Gasteiger partial charge in [0.25, 0.3) is 0 Å². The molecule has 3 aromatic rings. The van der Waals surface area contributed by atoms with Crippen LogP contribution in [0.1, 0.15) is 25.0 Å². The second kappa shape index (κ2) is 9.30. The minimum absolute atomic E-state index is 0. The summed E-state index contributed by atoms with van der Waals surface area (Å²) in [5.41, 5.74) is 5.17. The Morgan fingerprint density at radius 3 is 2.52 bits per heavy atom. The molecule has 0 aliphatic carbocycles. The van der Waals surface area contributed by atoms with E-state index in [1.807, 2.05) is 19.1 Å². The Morgan fingerprint density at radius 1 is 1.24 bits per heavy atom. The van der Waals surface area contributed by atoms with E-state index >= 15 is 0 Å². The predicted octanol–water partition coefficient (Wildman–Crippen LogP) is 4.95. The van der Waals surface area contributed by atoms with Crippen LogP contribution >= 0.6 is 0 Å². The molecule has 0 amide bonds. The van der Waals surface area contributed by atoms with Crippen molar-refractivity contribution in [3.8, 4) is 11.3 Å². The number of carbonyl (C=O) groups excluding carboxylic acids is 1. The third-order valence-electron chi connectivity index (χ3n) is 3.20. The minimum atomic E-state index is -0.125. The van der Waals surface area contributed by atoms with Gasteiger partial charge >= 0.3 is 0 Å². The van der Waals surface area contributed by atoms with E-state index < -0.39 is 0 Å². The molecule has 133 valence electrons. The van der Waals surface area contributed by atoms with Gasteiger partial charge in [0.2, 0.25) is 0 Å². The summed E-state index contributed by atoms with van der Waals surface area (Å²) in [6.07, 6.45) is 4.63. The van der Waals surface area contributed by atoms with Gasteiger partial charge in [-0.25, -0.2) is 0 Å². The second-order valence-electron chi connectivity index (χ2n) is 5.64. The van der Waals surface area contributed by atoms with E-state index in [4.69, 9.17) is 9.52 Å².